The Morgan fingerprint density at radius 2 is 2.05 bits per heavy atom. The highest BCUT2D eigenvalue weighted by molar-refractivity contribution is 8.00. The maximum Gasteiger partial charge on any atom is 0.170 e. The number of nitrogens with zero attached hydrogens (tertiary/aromatic N) is 2. The zero-order valence-corrected chi connectivity index (χ0v) is 13.3. The van der Waals surface area contributed by atoms with E-state index in [1.54, 1.807) is 11.8 Å². The monoisotopic (exact) mass is 297 g/mol. The minimum absolute atomic E-state index is 0.103. The highest BCUT2D eigenvalue weighted by atomic mass is 32.2. The van der Waals surface area contributed by atoms with E-state index >= 15 is 0 Å². The van der Waals surface area contributed by atoms with Gasteiger partial charge in [-0.2, -0.15) is 4.37 Å². The third-order valence-electron chi connectivity index (χ3n) is 2.36. The molecule has 2 rings (SSSR count). The molecule has 0 aliphatic carbocycles. The van der Waals surface area contributed by atoms with E-state index < -0.39 is 0 Å². The molecule has 2 aromatic heterocycles. The molecule has 0 aliphatic rings. The molecule has 0 spiro atoms. The molecule has 0 aliphatic heterocycles. The van der Waals surface area contributed by atoms with Crippen LogP contribution in [0.25, 0.3) is 0 Å². The Bertz CT molecular complexity index is 528. The molecule has 19 heavy (non-hydrogen) atoms. The van der Waals surface area contributed by atoms with Crippen LogP contribution in [0.1, 0.15) is 38.1 Å². The number of hydrogen-bond acceptors (Lipinski definition) is 6. The summed E-state index contributed by atoms with van der Waals surface area (Å²) in [4.78, 5) is 4.32. The van der Waals surface area contributed by atoms with E-state index in [2.05, 4.69) is 35.4 Å². The van der Waals surface area contributed by atoms with Gasteiger partial charge in [-0.25, -0.2) is 4.98 Å². The molecule has 0 unspecified atom stereocenters. The van der Waals surface area contributed by atoms with E-state index in [-0.39, 0.29) is 5.54 Å². The van der Waals surface area contributed by atoms with E-state index in [9.17, 15) is 0 Å². The van der Waals surface area contributed by atoms with Crippen LogP contribution in [0.5, 0.6) is 0 Å². The summed E-state index contributed by atoms with van der Waals surface area (Å²) in [5.74, 6) is 3.58. The lowest BCUT2D eigenvalue weighted by Gasteiger charge is -2.19. The molecule has 0 amide bonds. The van der Waals surface area contributed by atoms with Gasteiger partial charge in [0.15, 0.2) is 4.34 Å². The number of nitrogens with one attached hydrogen (secondary N) is 1. The summed E-state index contributed by atoms with van der Waals surface area (Å²) in [5.41, 5.74) is 0.103. The fourth-order valence-corrected chi connectivity index (χ4v) is 2.96. The molecule has 0 radical (unpaired) electrons. The van der Waals surface area contributed by atoms with Gasteiger partial charge in [0.05, 0.1) is 12.3 Å². The Morgan fingerprint density at radius 3 is 2.68 bits per heavy atom. The third-order valence-corrected chi connectivity index (χ3v) is 4.30. The van der Waals surface area contributed by atoms with Crippen molar-refractivity contribution in [1.29, 1.82) is 0 Å². The predicted molar refractivity (Wildman–Crippen MR) is 79.5 cm³/mol. The van der Waals surface area contributed by atoms with Crippen LogP contribution in [0.3, 0.4) is 0 Å². The maximum absolute atomic E-state index is 5.78. The summed E-state index contributed by atoms with van der Waals surface area (Å²) < 4.78 is 10.9. The summed E-state index contributed by atoms with van der Waals surface area (Å²) in [5, 5.41) is 3.41. The lowest BCUT2D eigenvalue weighted by molar-refractivity contribution is 0.382. The van der Waals surface area contributed by atoms with E-state index in [0.717, 1.165) is 34.0 Å². The second-order valence-corrected chi connectivity index (χ2v) is 7.34. The average molecular weight is 297 g/mol. The van der Waals surface area contributed by atoms with Gasteiger partial charge in [-0.3, -0.25) is 0 Å². The average Bonchev–Trinajstić information content (AvgIpc) is 2.92. The van der Waals surface area contributed by atoms with Crippen molar-refractivity contribution in [1.82, 2.24) is 14.7 Å². The van der Waals surface area contributed by atoms with E-state index in [0.29, 0.717) is 0 Å². The van der Waals surface area contributed by atoms with Gasteiger partial charge < -0.3 is 9.73 Å². The highest BCUT2D eigenvalue weighted by Gasteiger charge is 2.10. The first kappa shape index (κ1) is 14.6. The van der Waals surface area contributed by atoms with Gasteiger partial charge in [-0.1, -0.05) is 11.8 Å². The Labute approximate surface area is 122 Å². The summed E-state index contributed by atoms with van der Waals surface area (Å²) in [7, 11) is 0. The summed E-state index contributed by atoms with van der Waals surface area (Å²) in [6, 6.07) is 4.06. The Kier molecular flexibility index (Phi) is 4.65. The van der Waals surface area contributed by atoms with E-state index in [1.165, 1.54) is 11.5 Å². The van der Waals surface area contributed by atoms with Crippen molar-refractivity contribution in [2.75, 3.05) is 0 Å². The first-order valence-electron chi connectivity index (χ1n) is 6.18. The minimum Gasteiger partial charge on any atom is -0.464 e. The predicted octanol–water partition coefficient (Wildman–Crippen LogP) is 3.62. The molecule has 0 fully saturated rings. The van der Waals surface area contributed by atoms with Crippen LogP contribution in [0, 0.1) is 6.92 Å². The van der Waals surface area contributed by atoms with Crippen LogP contribution in [0.15, 0.2) is 20.9 Å². The van der Waals surface area contributed by atoms with Gasteiger partial charge in [-0.15, -0.1) is 0 Å². The van der Waals surface area contributed by atoms with Gasteiger partial charge in [0.1, 0.15) is 17.3 Å². The molecular weight excluding hydrogens is 278 g/mol. The SMILES string of the molecule is Cc1nsc(SCc2ccc(CNC(C)(C)C)o2)n1. The summed E-state index contributed by atoms with van der Waals surface area (Å²) >= 11 is 3.10. The first-order valence-corrected chi connectivity index (χ1v) is 7.94. The Morgan fingerprint density at radius 1 is 1.32 bits per heavy atom. The number of aryl methyl sites for hydroxylation is 1. The van der Waals surface area contributed by atoms with E-state index in [4.69, 9.17) is 4.42 Å². The molecule has 1 N–H and O–H groups in total. The number of furan rings is 1. The summed E-state index contributed by atoms with van der Waals surface area (Å²) in [6.07, 6.45) is 0. The van der Waals surface area contributed by atoms with Crippen LogP contribution < -0.4 is 5.32 Å². The molecule has 2 heterocycles. The Hall–Kier alpha value is -0.850. The molecule has 6 heteroatoms. The molecule has 0 aromatic carbocycles. The smallest absolute Gasteiger partial charge is 0.170 e. The lowest BCUT2D eigenvalue weighted by atomic mass is 10.1. The maximum atomic E-state index is 5.78. The number of thioether (sulfide) groups is 1. The normalized spacial score (nSPS) is 12.0. The number of rotatable bonds is 5. The molecule has 4 nitrogen and oxygen atoms in total. The van der Waals surface area contributed by atoms with Crippen molar-refractivity contribution in [3.8, 4) is 0 Å². The van der Waals surface area contributed by atoms with Gasteiger partial charge in [0.25, 0.3) is 0 Å². The standard InChI is InChI=1S/C13H19N3OS2/c1-9-15-12(19-16-9)18-8-11-6-5-10(17-11)7-14-13(2,3)4/h5-6,14H,7-8H2,1-4H3. The van der Waals surface area contributed by atoms with Gasteiger partial charge in [-0.05, 0) is 51.4 Å². The van der Waals surface area contributed by atoms with Gasteiger partial charge in [0.2, 0.25) is 0 Å². The minimum atomic E-state index is 0.103. The van der Waals surface area contributed by atoms with Crippen LogP contribution in [0.4, 0.5) is 0 Å². The number of hydrogen-bond donors (Lipinski definition) is 1. The molecule has 2 aromatic rings. The van der Waals surface area contributed by atoms with Gasteiger partial charge in [0, 0.05) is 5.54 Å². The summed E-state index contributed by atoms with van der Waals surface area (Å²) in [6.45, 7) is 9.09. The fourth-order valence-electron chi connectivity index (χ4n) is 1.42. The van der Waals surface area contributed by atoms with Crippen molar-refractivity contribution < 1.29 is 4.42 Å². The largest absolute Gasteiger partial charge is 0.464 e. The van der Waals surface area contributed by atoms with Gasteiger partial charge >= 0.3 is 0 Å². The van der Waals surface area contributed by atoms with Crippen LogP contribution in [-0.4, -0.2) is 14.9 Å². The third kappa shape index (κ3) is 4.97. The molecule has 0 bridgehead atoms. The van der Waals surface area contributed by atoms with Crippen molar-refractivity contribution in [2.24, 2.45) is 0 Å². The first-order chi connectivity index (χ1) is 8.92. The topological polar surface area (TPSA) is 51.0 Å². The molecule has 104 valence electrons. The quantitative estimate of drug-likeness (QED) is 0.854. The highest BCUT2D eigenvalue weighted by Crippen LogP contribution is 2.25. The van der Waals surface area contributed by atoms with Crippen molar-refractivity contribution >= 4 is 23.3 Å². The lowest BCUT2D eigenvalue weighted by Crippen LogP contribution is -2.34. The Balaban J connectivity index is 1.84. The second-order valence-electron chi connectivity index (χ2n) is 5.37. The van der Waals surface area contributed by atoms with E-state index in [1.807, 2.05) is 19.1 Å². The zero-order chi connectivity index (χ0) is 13.9. The van der Waals surface area contributed by atoms with Crippen molar-refractivity contribution in [2.45, 2.75) is 49.9 Å². The van der Waals surface area contributed by atoms with Crippen molar-refractivity contribution in [3.05, 3.63) is 29.5 Å². The fraction of sp³-hybridized carbons (Fsp3) is 0.538. The van der Waals surface area contributed by atoms with Crippen LogP contribution >= 0.6 is 23.3 Å². The molecule has 0 saturated carbocycles. The van der Waals surface area contributed by atoms with Crippen molar-refractivity contribution in [3.63, 3.8) is 0 Å². The molecular formula is C13H19N3OS2. The molecule has 0 saturated heterocycles. The number of aromatic nitrogens is 2. The zero-order valence-electron chi connectivity index (χ0n) is 11.7. The van der Waals surface area contributed by atoms with Crippen LogP contribution in [-0.2, 0) is 12.3 Å². The van der Waals surface area contributed by atoms with Crippen LogP contribution in [0.2, 0.25) is 0 Å². The molecule has 0 atom stereocenters. The second kappa shape index (κ2) is 6.07.